The lowest BCUT2D eigenvalue weighted by Gasteiger charge is -2.35. The van der Waals surface area contributed by atoms with Gasteiger partial charge < -0.3 is 15.0 Å². The van der Waals surface area contributed by atoms with Crippen molar-refractivity contribution in [2.75, 3.05) is 31.5 Å². The van der Waals surface area contributed by atoms with Crippen LogP contribution in [0.4, 0.5) is 22.0 Å². The van der Waals surface area contributed by atoms with Gasteiger partial charge in [-0.2, -0.15) is 0 Å². The lowest BCUT2D eigenvalue weighted by Crippen LogP contribution is -2.49. The van der Waals surface area contributed by atoms with E-state index < -0.39 is 10.5 Å². The first-order valence-corrected chi connectivity index (χ1v) is 10.8. The lowest BCUT2D eigenvalue weighted by atomic mass is 10.1. The summed E-state index contributed by atoms with van der Waals surface area (Å²) in [4.78, 5) is 31.1. The van der Waals surface area contributed by atoms with Crippen molar-refractivity contribution >= 4 is 39.2 Å². The first kappa shape index (κ1) is 23.0. The quantitative estimate of drug-likeness (QED) is 0.483. The van der Waals surface area contributed by atoms with Gasteiger partial charge in [-0.25, -0.2) is 9.78 Å². The Hall–Kier alpha value is -2.72. The van der Waals surface area contributed by atoms with E-state index in [0.29, 0.717) is 17.6 Å². The number of pyridine rings is 1. The first-order valence-electron chi connectivity index (χ1n) is 9.97. The van der Waals surface area contributed by atoms with Crippen LogP contribution < -0.4 is 5.32 Å². The average molecular weight is 492 g/mol. The number of nitrogens with one attached hydrogen (secondary N) is 1. The van der Waals surface area contributed by atoms with E-state index in [-0.39, 0.29) is 17.6 Å². The van der Waals surface area contributed by atoms with Crippen LogP contribution in [0.2, 0.25) is 0 Å². The number of carbonyl (C=O) groups is 1. The second kappa shape index (κ2) is 9.61. The van der Waals surface area contributed by atoms with E-state index in [1.807, 2.05) is 45.0 Å². The van der Waals surface area contributed by atoms with Gasteiger partial charge in [-0.3, -0.25) is 15.0 Å². The number of carbonyl (C=O) groups excluding carboxylic acids is 1. The largest absolute Gasteiger partial charge is 0.444 e. The molecule has 2 heterocycles. The van der Waals surface area contributed by atoms with Gasteiger partial charge in [0.2, 0.25) is 5.82 Å². The summed E-state index contributed by atoms with van der Waals surface area (Å²) in [5.74, 6) is 0.194. The summed E-state index contributed by atoms with van der Waals surface area (Å²) in [6.45, 7) is 9.17. The van der Waals surface area contributed by atoms with E-state index in [1.54, 1.807) is 4.90 Å². The molecule has 2 aromatic rings. The van der Waals surface area contributed by atoms with Gasteiger partial charge in [0.1, 0.15) is 5.60 Å². The predicted molar refractivity (Wildman–Crippen MR) is 121 cm³/mol. The maximum atomic E-state index is 12.2. The zero-order valence-corrected chi connectivity index (χ0v) is 19.4. The van der Waals surface area contributed by atoms with E-state index >= 15 is 0 Å². The fourth-order valence-electron chi connectivity index (χ4n) is 3.17. The summed E-state index contributed by atoms with van der Waals surface area (Å²) < 4.78 is 5.98. The zero-order chi connectivity index (χ0) is 22.6. The maximum Gasteiger partial charge on any atom is 0.410 e. The fraction of sp³-hybridized carbons (Fsp3) is 0.429. The van der Waals surface area contributed by atoms with Crippen LogP contribution in [0, 0.1) is 10.1 Å². The molecule has 1 amide bonds. The number of benzene rings is 1. The molecule has 0 atom stereocenters. The molecule has 1 aliphatic rings. The van der Waals surface area contributed by atoms with Crippen LogP contribution in [0.5, 0.6) is 0 Å². The summed E-state index contributed by atoms with van der Waals surface area (Å²) in [6.07, 6.45) is 1.25. The van der Waals surface area contributed by atoms with Crippen molar-refractivity contribution in [2.24, 2.45) is 0 Å². The number of nitro groups is 1. The van der Waals surface area contributed by atoms with Gasteiger partial charge in [0, 0.05) is 55.1 Å². The molecule has 0 radical (unpaired) electrons. The highest BCUT2D eigenvalue weighted by Crippen LogP contribution is 2.28. The molecule has 9 nitrogen and oxygen atoms in total. The number of hydrogen-bond donors (Lipinski definition) is 1. The average Bonchev–Trinajstić information content (AvgIpc) is 2.70. The Morgan fingerprint density at radius 1 is 1.23 bits per heavy atom. The number of nitrogens with zero attached hydrogens (tertiary/aromatic N) is 4. The van der Waals surface area contributed by atoms with Crippen LogP contribution in [0.25, 0.3) is 0 Å². The van der Waals surface area contributed by atoms with Crippen LogP contribution in [0.15, 0.2) is 41.0 Å². The van der Waals surface area contributed by atoms with Crippen molar-refractivity contribution in [1.82, 2.24) is 14.8 Å². The SMILES string of the molecule is CC(C)(C)OC(=O)N1CCN(Cc2ccc(Nc3ncc(Br)cc3[N+](=O)[O-])cc2)CC1. The molecular formula is C21H26BrN5O4. The Kier molecular flexibility index (Phi) is 7.11. The molecule has 0 spiro atoms. The number of rotatable bonds is 5. The van der Waals surface area contributed by atoms with Crippen molar-refractivity contribution in [1.29, 1.82) is 0 Å². The predicted octanol–water partition coefficient (Wildman–Crippen LogP) is 4.55. The zero-order valence-electron chi connectivity index (χ0n) is 17.8. The molecule has 0 aliphatic carbocycles. The molecule has 0 unspecified atom stereocenters. The van der Waals surface area contributed by atoms with Crippen LogP contribution in [0.1, 0.15) is 26.3 Å². The van der Waals surface area contributed by atoms with Gasteiger partial charge in [0.25, 0.3) is 0 Å². The topological polar surface area (TPSA) is 101 Å². The summed E-state index contributed by atoms with van der Waals surface area (Å²) in [5.41, 5.74) is 1.25. The van der Waals surface area contributed by atoms with Crippen molar-refractivity contribution in [3.8, 4) is 0 Å². The van der Waals surface area contributed by atoms with Crippen molar-refractivity contribution in [3.05, 3.63) is 56.7 Å². The minimum Gasteiger partial charge on any atom is -0.444 e. The third kappa shape index (κ3) is 6.63. The molecule has 0 bridgehead atoms. The highest BCUT2D eigenvalue weighted by molar-refractivity contribution is 9.10. The molecule has 1 saturated heterocycles. The van der Waals surface area contributed by atoms with Gasteiger partial charge in [-0.1, -0.05) is 12.1 Å². The van der Waals surface area contributed by atoms with Gasteiger partial charge in [0.05, 0.1) is 4.92 Å². The number of amides is 1. The fourth-order valence-corrected chi connectivity index (χ4v) is 3.49. The van der Waals surface area contributed by atoms with Crippen molar-refractivity contribution in [3.63, 3.8) is 0 Å². The molecule has 1 aliphatic heterocycles. The minimum absolute atomic E-state index is 0.0960. The van der Waals surface area contributed by atoms with Crippen LogP contribution in [-0.4, -0.2) is 57.6 Å². The molecule has 1 aromatic carbocycles. The van der Waals surface area contributed by atoms with Crippen molar-refractivity contribution in [2.45, 2.75) is 32.9 Å². The highest BCUT2D eigenvalue weighted by atomic mass is 79.9. The molecule has 166 valence electrons. The third-order valence-corrected chi connectivity index (χ3v) is 5.11. The van der Waals surface area contributed by atoms with E-state index in [4.69, 9.17) is 4.74 Å². The normalized spacial score (nSPS) is 14.9. The smallest absolute Gasteiger partial charge is 0.410 e. The highest BCUT2D eigenvalue weighted by Gasteiger charge is 2.25. The van der Waals surface area contributed by atoms with Gasteiger partial charge in [-0.05, 0) is 54.4 Å². The van der Waals surface area contributed by atoms with Gasteiger partial charge in [-0.15, -0.1) is 0 Å². The van der Waals surface area contributed by atoms with E-state index in [2.05, 4.69) is 31.1 Å². The molecule has 0 saturated carbocycles. The van der Waals surface area contributed by atoms with Gasteiger partial charge in [0.15, 0.2) is 0 Å². The second-order valence-electron chi connectivity index (χ2n) is 8.34. The maximum absolute atomic E-state index is 12.2. The molecule has 1 N–H and O–H groups in total. The monoisotopic (exact) mass is 491 g/mol. The Labute approximate surface area is 189 Å². The summed E-state index contributed by atoms with van der Waals surface area (Å²) in [7, 11) is 0. The number of ether oxygens (including phenoxy) is 1. The third-order valence-electron chi connectivity index (χ3n) is 4.68. The Morgan fingerprint density at radius 3 is 2.45 bits per heavy atom. The Balaban J connectivity index is 1.54. The van der Waals surface area contributed by atoms with E-state index in [1.165, 1.54) is 12.3 Å². The standard InChI is InChI=1S/C21H26BrN5O4/c1-21(2,3)31-20(28)26-10-8-25(9-11-26)14-15-4-6-17(7-5-15)24-19-18(27(29)30)12-16(22)13-23-19/h4-7,12-13H,8-11,14H2,1-3H3,(H,23,24). The summed E-state index contributed by atoms with van der Waals surface area (Å²) in [5, 5.41) is 14.2. The number of piperazine rings is 1. The number of hydrogen-bond acceptors (Lipinski definition) is 7. The van der Waals surface area contributed by atoms with Crippen LogP contribution in [-0.2, 0) is 11.3 Å². The molecule has 3 rings (SSSR count). The van der Waals surface area contributed by atoms with Gasteiger partial charge >= 0.3 is 11.8 Å². The first-order chi connectivity index (χ1) is 14.6. The molecule has 1 aromatic heterocycles. The van der Waals surface area contributed by atoms with Crippen LogP contribution in [0.3, 0.4) is 0 Å². The molecule has 31 heavy (non-hydrogen) atoms. The molecule has 10 heteroatoms. The van der Waals surface area contributed by atoms with E-state index in [0.717, 1.165) is 30.9 Å². The number of halogens is 1. The van der Waals surface area contributed by atoms with Crippen molar-refractivity contribution < 1.29 is 14.5 Å². The number of anilines is 2. The molecular weight excluding hydrogens is 466 g/mol. The number of aromatic nitrogens is 1. The molecule has 1 fully saturated rings. The van der Waals surface area contributed by atoms with E-state index in [9.17, 15) is 14.9 Å². The summed E-state index contributed by atoms with van der Waals surface area (Å²) in [6, 6.07) is 9.13. The summed E-state index contributed by atoms with van der Waals surface area (Å²) >= 11 is 3.20. The minimum atomic E-state index is -0.490. The Morgan fingerprint density at radius 2 is 1.87 bits per heavy atom. The second-order valence-corrected chi connectivity index (χ2v) is 9.26. The Bertz CT molecular complexity index is 938. The lowest BCUT2D eigenvalue weighted by molar-refractivity contribution is -0.384. The van der Waals surface area contributed by atoms with Crippen LogP contribution >= 0.6 is 15.9 Å².